The van der Waals surface area contributed by atoms with Crippen LogP contribution in [0.1, 0.15) is 19.3 Å². The van der Waals surface area contributed by atoms with E-state index in [4.69, 9.17) is 11.6 Å². The Morgan fingerprint density at radius 2 is 1.96 bits per heavy atom. The standard InChI is InChI=1S/C11H7ClFN3O.C5H11N/c12-10-5-15-11(16-6-17)2-9(10)7-1-8(13)4-14-3-7;1-2-4-6-5-3-1/h1-6H,(H,15,16,17);6H,1-5H2. The van der Waals surface area contributed by atoms with E-state index >= 15 is 0 Å². The number of anilines is 1. The molecule has 0 saturated carbocycles. The number of hydrogen-bond acceptors (Lipinski definition) is 4. The van der Waals surface area contributed by atoms with Gasteiger partial charge in [0.1, 0.15) is 11.6 Å². The molecule has 1 aliphatic rings. The number of nitrogens with zero attached hydrogens (tertiary/aromatic N) is 2. The second-order valence-electron chi connectivity index (χ2n) is 5.01. The summed E-state index contributed by atoms with van der Waals surface area (Å²) in [6.07, 6.45) is 8.68. The van der Waals surface area contributed by atoms with Gasteiger partial charge in [-0.2, -0.15) is 0 Å². The van der Waals surface area contributed by atoms with E-state index < -0.39 is 5.82 Å². The normalized spacial score (nSPS) is 13.7. The summed E-state index contributed by atoms with van der Waals surface area (Å²) in [5, 5.41) is 6.04. The van der Waals surface area contributed by atoms with Crippen molar-refractivity contribution in [3.8, 4) is 11.1 Å². The van der Waals surface area contributed by atoms with Crippen LogP contribution in [0.4, 0.5) is 10.2 Å². The number of piperidine rings is 1. The molecule has 1 amide bonds. The number of carbonyl (C=O) groups excluding carboxylic acids is 1. The molecule has 1 aliphatic heterocycles. The van der Waals surface area contributed by atoms with E-state index in [1.165, 1.54) is 50.8 Å². The van der Waals surface area contributed by atoms with Crippen LogP contribution < -0.4 is 10.6 Å². The van der Waals surface area contributed by atoms with Crippen molar-refractivity contribution in [3.63, 3.8) is 0 Å². The number of aromatic nitrogens is 2. The highest BCUT2D eigenvalue weighted by Crippen LogP contribution is 2.28. The number of carbonyl (C=O) groups is 1. The van der Waals surface area contributed by atoms with Gasteiger partial charge < -0.3 is 10.6 Å². The third kappa shape index (κ3) is 5.58. The SMILES string of the molecule is C1CCNCC1.O=CNc1cc(-c2cncc(F)c2)c(Cl)cn1. The minimum atomic E-state index is -0.458. The van der Waals surface area contributed by atoms with Gasteiger partial charge in [0, 0.05) is 23.5 Å². The lowest BCUT2D eigenvalue weighted by Gasteiger charge is -2.08. The second-order valence-corrected chi connectivity index (χ2v) is 5.42. The summed E-state index contributed by atoms with van der Waals surface area (Å²) in [7, 11) is 0. The predicted molar refractivity (Wildman–Crippen MR) is 88.8 cm³/mol. The molecule has 0 bridgehead atoms. The molecule has 23 heavy (non-hydrogen) atoms. The van der Waals surface area contributed by atoms with E-state index in [1.54, 1.807) is 6.07 Å². The highest BCUT2D eigenvalue weighted by atomic mass is 35.5. The van der Waals surface area contributed by atoms with Gasteiger partial charge >= 0.3 is 0 Å². The molecule has 0 spiro atoms. The highest BCUT2D eigenvalue weighted by Gasteiger charge is 2.07. The molecule has 5 nitrogen and oxygen atoms in total. The van der Waals surface area contributed by atoms with Crippen LogP contribution in [0.5, 0.6) is 0 Å². The fourth-order valence-electron chi connectivity index (χ4n) is 2.16. The molecule has 1 saturated heterocycles. The average molecular weight is 337 g/mol. The van der Waals surface area contributed by atoms with Crippen LogP contribution in [-0.4, -0.2) is 29.5 Å². The van der Waals surface area contributed by atoms with Crippen molar-refractivity contribution < 1.29 is 9.18 Å². The van der Waals surface area contributed by atoms with Gasteiger partial charge in [0.2, 0.25) is 6.41 Å². The Hall–Kier alpha value is -2.05. The quantitative estimate of drug-likeness (QED) is 0.844. The number of rotatable bonds is 3. The Kier molecular flexibility index (Phi) is 6.90. The molecule has 0 unspecified atom stereocenters. The smallest absolute Gasteiger partial charge is 0.212 e. The van der Waals surface area contributed by atoms with E-state index in [2.05, 4.69) is 20.6 Å². The van der Waals surface area contributed by atoms with Crippen molar-refractivity contribution in [2.45, 2.75) is 19.3 Å². The van der Waals surface area contributed by atoms with Gasteiger partial charge in [0.25, 0.3) is 0 Å². The molecule has 2 aromatic heterocycles. The fourth-order valence-corrected chi connectivity index (χ4v) is 2.37. The lowest BCUT2D eigenvalue weighted by molar-refractivity contribution is -0.105. The molecule has 7 heteroatoms. The highest BCUT2D eigenvalue weighted by molar-refractivity contribution is 6.33. The Morgan fingerprint density at radius 1 is 1.17 bits per heavy atom. The van der Waals surface area contributed by atoms with Crippen LogP contribution in [-0.2, 0) is 4.79 Å². The first kappa shape index (κ1) is 17.3. The number of nitrogens with one attached hydrogen (secondary N) is 2. The minimum Gasteiger partial charge on any atom is -0.317 e. The summed E-state index contributed by atoms with van der Waals surface area (Å²) in [6, 6.07) is 2.85. The molecular weight excluding hydrogens is 319 g/mol. The van der Waals surface area contributed by atoms with Crippen molar-refractivity contribution >= 4 is 23.8 Å². The van der Waals surface area contributed by atoms with Crippen molar-refractivity contribution in [2.24, 2.45) is 0 Å². The zero-order chi connectivity index (χ0) is 16.5. The first-order valence-electron chi connectivity index (χ1n) is 7.38. The number of pyridine rings is 2. The van der Waals surface area contributed by atoms with Crippen LogP contribution in [0.25, 0.3) is 11.1 Å². The predicted octanol–water partition coefficient (Wildman–Crippen LogP) is 3.26. The van der Waals surface area contributed by atoms with Gasteiger partial charge in [0.05, 0.1) is 11.2 Å². The summed E-state index contributed by atoms with van der Waals surface area (Å²) in [4.78, 5) is 17.9. The van der Waals surface area contributed by atoms with Gasteiger partial charge in [-0.15, -0.1) is 0 Å². The van der Waals surface area contributed by atoms with Gasteiger partial charge in [-0.1, -0.05) is 18.0 Å². The topological polar surface area (TPSA) is 66.9 Å². The summed E-state index contributed by atoms with van der Waals surface area (Å²) in [6.45, 7) is 2.50. The summed E-state index contributed by atoms with van der Waals surface area (Å²) >= 11 is 5.95. The van der Waals surface area contributed by atoms with Gasteiger partial charge in [-0.05, 0) is 38.1 Å². The average Bonchev–Trinajstić information content (AvgIpc) is 2.59. The summed E-state index contributed by atoms with van der Waals surface area (Å²) in [5.74, 6) is -0.121. The van der Waals surface area contributed by atoms with Gasteiger partial charge in [0.15, 0.2) is 0 Å². The van der Waals surface area contributed by atoms with Crippen LogP contribution in [0.3, 0.4) is 0 Å². The number of hydrogen-bond donors (Lipinski definition) is 2. The van der Waals surface area contributed by atoms with E-state index in [1.807, 2.05) is 0 Å². The first-order valence-corrected chi connectivity index (χ1v) is 7.76. The maximum atomic E-state index is 13.0. The van der Waals surface area contributed by atoms with E-state index in [9.17, 15) is 9.18 Å². The Morgan fingerprint density at radius 3 is 2.52 bits per heavy atom. The third-order valence-electron chi connectivity index (χ3n) is 3.29. The monoisotopic (exact) mass is 336 g/mol. The van der Waals surface area contributed by atoms with Crippen molar-refractivity contribution in [1.29, 1.82) is 0 Å². The van der Waals surface area contributed by atoms with Crippen LogP contribution in [0, 0.1) is 5.82 Å². The molecule has 0 aliphatic carbocycles. The molecule has 3 heterocycles. The molecular formula is C16H18ClFN4O. The van der Waals surface area contributed by atoms with Gasteiger partial charge in [-0.25, -0.2) is 9.37 Å². The van der Waals surface area contributed by atoms with Crippen molar-refractivity contribution in [3.05, 3.63) is 41.6 Å². The lowest BCUT2D eigenvalue weighted by atomic mass is 10.1. The maximum Gasteiger partial charge on any atom is 0.212 e. The molecule has 0 atom stereocenters. The Bertz CT molecular complexity index is 638. The van der Waals surface area contributed by atoms with E-state index in [-0.39, 0.29) is 0 Å². The molecule has 2 N–H and O–H groups in total. The zero-order valence-corrected chi connectivity index (χ0v) is 13.3. The Balaban J connectivity index is 0.000000268. The van der Waals surface area contributed by atoms with E-state index in [0.29, 0.717) is 28.4 Å². The lowest BCUT2D eigenvalue weighted by Crippen LogP contribution is -2.21. The Labute approximate surface area is 139 Å². The maximum absolute atomic E-state index is 13.0. The van der Waals surface area contributed by atoms with Crippen LogP contribution >= 0.6 is 11.6 Å². The number of halogens is 2. The molecule has 0 aromatic carbocycles. The summed E-state index contributed by atoms with van der Waals surface area (Å²) < 4.78 is 13.0. The first-order chi connectivity index (χ1) is 11.2. The summed E-state index contributed by atoms with van der Waals surface area (Å²) in [5.41, 5.74) is 1.07. The minimum absolute atomic E-state index is 0.337. The largest absolute Gasteiger partial charge is 0.317 e. The zero-order valence-electron chi connectivity index (χ0n) is 12.6. The molecule has 0 radical (unpaired) electrons. The molecule has 1 fully saturated rings. The fraction of sp³-hybridized carbons (Fsp3) is 0.312. The third-order valence-corrected chi connectivity index (χ3v) is 3.59. The molecule has 122 valence electrons. The van der Waals surface area contributed by atoms with E-state index in [0.717, 1.165) is 6.20 Å². The molecule has 2 aromatic rings. The van der Waals surface area contributed by atoms with Gasteiger partial charge in [-0.3, -0.25) is 9.78 Å². The molecule has 3 rings (SSSR count). The number of amides is 1. The van der Waals surface area contributed by atoms with Crippen molar-refractivity contribution in [2.75, 3.05) is 18.4 Å². The second kappa shape index (κ2) is 9.17. The van der Waals surface area contributed by atoms with Crippen LogP contribution in [0.2, 0.25) is 5.02 Å². The van der Waals surface area contributed by atoms with Crippen LogP contribution in [0.15, 0.2) is 30.7 Å². The van der Waals surface area contributed by atoms with Crippen molar-refractivity contribution in [1.82, 2.24) is 15.3 Å².